The van der Waals surface area contributed by atoms with Crippen molar-refractivity contribution in [2.45, 2.75) is 23.8 Å². The second-order valence-corrected chi connectivity index (χ2v) is 6.56. The summed E-state index contributed by atoms with van der Waals surface area (Å²) >= 11 is 0. The van der Waals surface area contributed by atoms with Gasteiger partial charge in [-0.3, -0.25) is 0 Å². The van der Waals surface area contributed by atoms with E-state index in [0.717, 1.165) is 6.42 Å². The van der Waals surface area contributed by atoms with Gasteiger partial charge < -0.3 is 16.2 Å². The van der Waals surface area contributed by atoms with Gasteiger partial charge in [-0.2, -0.15) is 4.31 Å². The molecule has 7 nitrogen and oxygen atoms in total. The molecule has 0 unspecified atom stereocenters. The fourth-order valence-corrected chi connectivity index (χ4v) is 4.00. The molecule has 4 N–H and O–H groups in total. The molecule has 1 aliphatic heterocycles. The number of nitrogens with zero attached hydrogens (tertiary/aromatic N) is 1. The van der Waals surface area contributed by atoms with Gasteiger partial charge in [0, 0.05) is 24.8 Å². The average molecular weight is 299 g/mol. The van der Waals surface area contributed by atoms with Crippen molar-refractivity contribution in [1.82, 2.24) is 9.62 Å². The summed E-state index contributed by atoms with van der Waals surface area (Å²) in [4.78, 5) is 10.7. The maximum absolute atomic E-state index is 12.5. The van der Waals surface area contributed by atoms with E-state index in [2.05, 4.69) is 5.32 Å². The molecule has 1 aromatic rings. The first-order valence-corrected chi connectivity index (χ1v) is 7.69. The molecule has 0 bridgehead atoms. The summed E-state index contributed by atoms with van der Waals surface area (Å²) < 4.78 is 26.4. The Balaban J connectivity index is 2.19. The summed E-state index contributed by atoms with van der Waals surface area (Å²) in [6, 6.07) is 5.66. The Morgan fingerprint density at radius 1 is 1.40 bits per heavy atom. The van der Waals surface area contributed by atoms with Crippen LogP contribution in [-0.2, 0) is 10.0 Å². The third-order valence-corrected chi connectivity index (χ3v) is 5.26. The lowest BCUT2D eigenvalue weighted by atomic mass is 10.2. The number of carbonyl (C=O) groups is 1. The van der Waals surface area contributed by atoms with Gasteiger partial charge in [0.15, 0.2) is 0 Å². The smallest absolute Gasteiger partial charge is 0.404 e. The van der Waals surface area contributed by atoms with E-state index in [1.807, 2.05) is 0 Å². The SMILES string of the molecule is Nc1ccc(S(=O)(=O)N2CCC[C@@H]2CNC(=O)O)cc1. The third-order valence-electron chi connectivity index (χ3n) is 3.30. The Kier molecular flexibility index (Phi) is 4.15. The average Bonchev–Trinajstić information content (AvgIpc) is 2.86. The van der Waals surface area contributed by atoms with Crippen molar-refractivity contribution < 1.29 is 18.3 Å². The first kappa shape index (κ1) is 14.6. The normalized spacial score (nSPS) is 19.9. The molecule has 1 atom stereocenters. The molecule has 1 amide bonds. The molecule has 1 heterocycles. The fourth-order valence-electron chi connectivity index (χ4n) is 2.31. The van der Waals surface area contributed by atoms with Crippen LogP contribution in [0.2, 0.25) is 0 Å². The molecule has 0 spiro atoms. The lowest BCUT2D eigenvalue weighted by Crippen LogP contribution is -2.42. The van der Waals surface area contributed by atoms with E-state index >= 15 is 0 Å². The van der Waals surface area contributed by atoms with Crippen LogP contribution in [0.15, 0.2) is 29.2 Å². The third kappa shape index (κ3) is 3.02. The van der Waals surface area contributed by atoms with Crippen molar-refractivity contribution in [3.63, 3.8) is 0 Å². The second kappa shape index (κ2) is 5.68. The quantitative estimate of drug-likeness (QED) is 0.708. The predicted molar refractivity (Wildman–Crippen MR) is 73.8 cm³/mol. The summed E-state index contributed by atoms with van der Waals surface area (Å²) in [5.41, 5.74) is 6.04. The van der Waals surface area contributed by atoms with Gasteiger partial charge in [0.1, 0.15) is 0 Å². The maximum atomic E-state index is 12.5. The van der Waals surface area contributed by atoms with Crippen LogP contribution in [0.1, 0.15) is 12.8 Å². The molecule has 1 aliphatic rings. The van der Waals surface area contributed by atoms with E-state index in [4.69, 9.17) is 10.8 Å². The number of nitrogens with one attached hydrogen (secondary N) is 1. The largest absolute Gasteiger partial charge is 0.465 e. The molecule has 20 heavy (non-hydrogen) atoms. The first-order chi connectivity index (χ1) is 9.41. The van der Waals surface area contributed by atoms with Gasteiger partial charge >= 0.3 is 6.09 Å². The van der Waals surface area contributed by atoms with Crippen LogP contribution in [0.5, 0.6) is 0 Å². The van der Waals surface area contributed by atoms with Crippen molar-refractivity contribution in [3.8, 4) is 0 Å². The van der Waals surface area contributed by atoms with E-state index in [1.165, 1.54) is 28.6 Å². The number of amides is 1. The Morgan fingerprint density at radius 2 is 2.05 bits per heavy atom. The maximum Gasteiger partial charge on any atom is 0.404 e. The summed E-state index contributed by atoms with van der Waals surface area (Å²) in [6.07, 6.45) is 0.219. The number of hydrogen-bond acceptors (Lipinski definition) is 4. The number of carboxylic acid groups (broad SMARTS) is 1. The molecule has 0 radical (unpaired) electrons. The highest BCUT2D eigenvalue weighted by Crippen LogP contribution is 2.26. The Hall–Kier alpha value is -1.80. The Labute approximate surface area is 117 Å². The minimum atomic E-state index is -3.61. The van der Waals surface area contributed by atoms with Gasteiger partial charge in [0.25, 0.3) is 0 Å². The summed E-state index contributed by atoms with van der Waals surface area (Å²) in [5.74, 6) is 0. The molecular formula is C12H17N3O4S. The molecule has 2 rings (SSSR count). The standard InChI is InChI=1S/C12H17N3O4S/c13-9-3-5-11(6-4-9)20(18,19)15-7-1-2-10(15)8-14-12(16)17/h3-6,10,14H,1-2,7-8,13H2,(H,16,17)/t10-/m1/s1. The highest BCUT2D eigenvalue weighted by molar-refractivity contribution is 7.89. The van der Waals surface area contributed by atoms with Gasteiger partial charge in [-0.1, -0.05) is 0 Å². The van der Waals surface area contributed by atoms with Crippen molar-refractivity contribution in [2.75, 3.05) is 18.8 Å². The van der Waals surface area contributed by atoms with Crippen LogP contribution in [0, 0.1) is 0 Å². The number of nitrogens with two attached hydrogens (primary N) is 1. The zero-order valence-corrected chi connectivity index (χ0v) is 11.6. The van der Waals surface area contributed by atoms with Crippen LogP contribution >= 0.6 is 0 Å². The molecule has 110 valence electrons. The first-order valence-electron chi connectivity index (χ1n) is 6.25. The number of sulfonamides is 1. The van der Waals surface area contributed by atoms with Gasteiger partial charge in [-0.25, -0.2) is 13.2 Å². The monoisotopic (exact) mass is 299 g/mol. The second-order valence-electron chi connectivity index (χ2n) is 4.67. The highest BCUT2D eigenvalue weighted by Gasteiger charge is 2.35. The lowest BCUT2D eigenvalue weighted by molar-refractivity contribution is 0.191. The van der Waals surface area contributed by atoms with E-state index in [-0.39, 0.29) is 17.5 Å². The minimum absolute atomic E-state index is 0.101. The number of hydrogen-bond donors (Lipinski definition) is 3. The van der Waals surface area contributed by atoms with Crippen LogP contribution in [0.4, 0.5) is 10.5 Å². The lowest BCUT2D eigenvalue weighted by Gasteiger charge is -2.23. The van der Waals surface area contributed by atoms with Crippen LogP contribution in [-0.4, -0.2) is 43.1 Å². The van der Waals surface area contributed by atoms with Gasteiger partial charge in [0.2, 0.25) is 10.0 Å². The van der Waals surface area contributed by atoms with Crippen molar-refractivity contribution in [2.24, 2.45) is 0 Å². The van der Waals surface area contributed by atoms with Gasteiger partial charge in [-0.05, 0) is 37.1 Å². The summed E-state index contributed by atoms with van der Waals surface area (Å²) in [7, 11) is -3.61. The molecule has 1 fully saturated rings. The van der Waals surface area contributed by atoms with Gasteiger partial charge in [0.05, 0.1) is 4.90 Å². The Morgan fingerprint density at radius 3 is 2.65 bits per heavy atom. The topological polar surface area (TPSA) is 113 Å². The van der Waals surface area contributed by atoms with Crippen molar-refractivity contribution in [1.29, 1.82) is 0 Å². The molecule has 0 aromatic heterocycles. The fraction of sp³-hybridized carbons (Fsp3) is 0.417. The number of rotatable bonds is 4. The van der Waals surface area contributed by atoms with E-state index in [0.29, 0.717) is 18.7 Å². The molecule has 0 saturated carbocycles. The van der Waals surface area contributed by atoms with E-state index in [9.17, 15) is 13.2 Å². The minimum Gasteiger partial charge on any atom is -0.465 e. The highest BCUT2D eigenvalue weighted by atomic mass is 32.2. The number of nitrogen functional groups attached to an aromatic ring is 1. The van der Waals surface area contributed by atoms with Crippen LogP contribution in [0.25, 0.3) is 0 Å². The number of anilines is 1. The van der Waals surface area contributed by atoms with Crippen LogP contribution < -0.4 is 11.1 Å². The summed E-state index contributed by atoms with van der Waals surface area (Å²) in [6.45, 7) is 0.502. The van der Waals surface area contributed by atoms with Crippen molar-refractivity contribution >= 4 is 21.8 Å². The van der Waals surface area contributed by atoms with Crippen molar-refractivity contribution in [3.05, 3.63) is 24.3 Å². The zero-order chi connectivity index (χ0) is 14.8. The molecule has 8 heteroatoms. The number of benzene rings is 1. The van der Waals surface area contributed by atoms with Crippen LogP contribution in [0.3, 0.4) is 0 Å². The predicted octanol–water partition coefficient (Wildman–Crippen LogP) is 0.690. The molecule has 1 saturated heterocycles. The van der Waals surface area contributed by atoms with E-state index < -0.39 is 16.1 Å². The summed E-state index contributed by atoms with van der Waals surface area (Å²) in [5, 5.41) is 10.9. The molecular weight excluding hydrogens is 282 g/mol. The zero-order valence-electron chi connectivity index (χ0n) is 10.8. The molecule has 0 aliphatic carbocycles. The van der Waals surface area contributed by atoms with Gasteiger partial charge in [-0.15, -0.1) is 0 Å². The van der Waals surface area contributed by atoms with E-state index in [1.54, 1.807) is 0 Å². The molecule has 1 aromatic carbocycles. The Bertz CT molecular complexity index is 585.